The number of ether oxygens (including phenoxy) is 2. The molecule has 1 aliphatic rings. The monoisotopic (exact) mass is 590 g/mol. The number of rotatable bonds is 12. The van der Waals surface area contributed by atoms with Crippen LogP contribution in [0.15, 0.2) is 12.1 Å². The highest BCUT2D eigenvalue weighted by Gasteiger charge is 2.37. The minimum Gasteiger partial charge on any atom is -0.388 e. The lowest BCUT2D eigenvalue weighted by molar-refractivity contribution is -0.787. The van der Waals surface area contributed by atoms with Gasteiger partial charge in [0.2, 0.25) is 5.69 Å². The summed E-state index contributed by atoms with van der Waals surface area (Å²) in [4.78, 5) is 5.12. The number of hydrogen-bond acceptors (Lipinski definition) is 4. The Bertz CT molecular complexity index is 1300. The third-order valence-electron chi connectivity index (χ3n) is 7.67. The molecule has 1 aromatic carbocycles. The molecule has 216 valence electrons. The molecule has 0 bridgehead atoms. The van der Waals surface area contributed by atoms with Crippen molar-refractivity contribution in [3.8, 4) is 11.5 Å². The predicted molar refractivity (Wildman–Crippen MR) is 168 cm³/mol. The lowest BCUT2D eigenvalue weighted by atomic mass is 9.76. The molecule has 0 aliphatic heterocycles. The van der Waals surface area contributed by atoms with E-state index in [4.69, 9.17) is 26.1 Å². The molecule has 10 heteroatoms. The van der Waals surface area contributed by atoms with Gasteiger partial charge in [-0.1, -0.05) is 69.4 Å². The van der Waals surface area contributed by atoms with Crippen molar-refractivity contribution in [2.24, 2.45) is 5.41 Å². The molecule has 0 saturated heterocycles. The highest BCUT2D eigenvalue weighted by molar-refractivity contribution is 6.76. The molecule has 39 heavy (non-hydrogen) atoms. The van der Waals surface area contributed by atoms with Crippen molar-refractivity contribution in [2.45, 2.75) is 97.9 Å². The normalized spacial score (nSPS) is 15.6. The summed E-state index contributed by atoms with van der Waals surface area (Å²) in [6.07, 6.45) is 3.15. The molecule has 0 saturated carbocycles. The number of benzene rings is 1. The van der Waals surface area contributed by atoms with Gasteiger partial charge in [-0.3, -0.25) is 4.57 Å². The summed E-state index contributed by atoms with van der Waals surface area (Å²) in [7, 11) is -0.429. The minimum atomic E-state index is -1.19. The van der Waals surface area contributed by atoms with E-state index in [1.165, 1.54) is 11.3 Å². The number of H-pyrrole nitrogens is 1. The van der Waals surface area contributed by atoms with Gasteiger partial charge in [-0.2, -0.15) is 5.10 Å². The van der Waals surface area contributed by atoms with E-state index in [1.54, 1.807) is 0 Å². The molecule has 0 radical (unpaired) electrons. The zero-order valence-corrected chi connectivity index (χ0v) is 28.3. The number of nitrogens with one attached hydrogen (secondary N) is 2. The van der Waals surface area contributed by atoms with Crippen molar-refractivity contribution in [2.75, 3.05) is 25.6 Å². The summed E-state index contributed by atoms with van der Waals surface area (Å²) in [5.41, 5.74) is 6.72. The quantitative estimate of drug-likeness (QED) is 0.133. The van der Waals surface area contributed by atoms with Gasteiger partial charge in [0.15, 0.2) is 5.82 Å². The molecular weight excluding hydrogens is 542 g/mol. The van der Waals surface area contributed by atoms with E-state index in [1.807, 2.05) is 13.1 Å². The van der Waals surface area contributed by atoms with Gasteiger partial charge in [-0.15, -0.1) is 0 Å². The second-order valence-electron chi connectivity index (χ2n) is 14.3. The van der Waals surface area contributed by atoms with Crippen molar-refractivity contribution in [3.63, 3.8) is 0 Å². The van der Waals surface area contributed by atoms with Crippen molar-refractivity contribution in [3.05, 3.63) is 28.4 Å². The van der Waals surface area contributed by atoms with E-state index >= 15 is 0 Å². The van der Waals surface area contributed by atoms with Crippen LogP contribution in [0.5, 0.6) is 0 Å². The van der Waals surface area contributed by atoms with E-state index < -0.39 is 16.1 Å². The van der Waals surface area contributed by atoms with E-state index in [-0.39, 0.29) is 5.41 Å². The van der Waals surface area contributed by atoms with Gasteiger partial charge in [0.05, 0.1) is 22.7 Å². The molecule has 4 rings (SSSR count). The van der Waals surface area contributed by atoms with Crippen LogP contribution in [0.1, 0.15) is 31.5 Å². The molecule has 2 aromatic heterocycles. The van der Waals surface area contributed by atoms with Gasteiger partial charge >= 0.3 is 0 Å². The maximum absolute atomic E-state index is 6.76. The highest BCUT2D eigenvalue weighted by Crippen LogP contribution is 2.39. The van der Waals surface area contributed by atoms with Crippen molar-refractivity contribution in [1.82, 2.24) is 14.6 Å². The van der Waals surface area contributed by atoms with Crippen LogP contribution in [-0.4, -0.2) is 51.1 Å². The summed E-state index contributed by atoms with van der Waals surface area (Å²) < 4.78 is 16.9. The molecule has 0 atom stereocenters. The Hall–Kier alpha value is -1.66. The van der Waals surface area contributed by atoms with Crippen LogP contribution in [0.25, 0.3) is 22.6 Å². The third kappa shape index (κ3) is 7.55. The Morgan fingerprint density at radius 2 is 1.74 bits per heavy atom. The maximum atomic E-state index is 6.76. The fourth-order valence-corrected chi connectivity index (χ4v) is 6.83. The first kappa shape index (κ1) is 30.3. The zero-order valence-electron chi connectivity index (χ0n) is 25.6. The lowest BCUT2D eigenvalue weighted by Crippen LogP contribution is -2.44. The molecule has 0 fully saturated rings. The Kier molecular flexibility index (Phi) is 9.08. The molecule has 0 spiro atoms. The summed E-state index contributed by atoms with van der Waals surface area (Å²) in [6.45, 7) is 21.5. The third-order valence-corrected chi connectivity index (χ3v) is 11.4. The van der Waals surface area contributed by atoms with Crippen molar-refractivity contribution >= 4 is 44.5 Å². The van der Waals surface area contributed by atoms with Crippen LogP contribution >= 0.6 is 11.6 Å². The minimum absolute atomic E-state index is 0.248. The second kappa shape index (κ2) is 11.7. The fraction of sp³-hybridized carbons (Fsp3) is 0.655. The molecule has 7 nitrogen and oxygen atoms in total. The number of hydrogen-bond donors (Lipinski definition) is 2. The van der Waals surface area contributed by atoms with E-state index in [9.17, 15) is 0 Å². The number of anilines is 1. The first-order valence-electron chi connectivity index (χ1n) is 14.3. The van der Waals surface area contributed by atoms with Crippen LogP contribution in [0.4, 0.5) is 5.69 Å². The van der Waals surface area contributed by atoms with Crippen molar-refractivity contribution < 1.29 is 14.2 Å². The van der Waals surface area contributed by atoms with Crippen molar-refractivity contribution in [1.29, 1.82) is 0 Å². The average molecular weight is 591 g/mol. The standard InChI is InChI=1S/C29H48ClN5O2Si2/c1-29(2)11-10-22-25(18-29)35(20-37-13-15-39(7,8)9)33-26(22)28-32-27-23(30)16-21(31-3)17-24(27)34(28)19-36-12-14-38(4,5)6/h16-17H,10-15,18-20H2,1-9H3,(H,31,33)/p+1. The number of imidazole rings is 1. The highest BCUT2D eigenvalue weighted by atomic mass is 35.5. The smallest absolute Gasteiger partial charge is 0.276 e. The maximum Gasteiger partial charge on any atom is 0.276 e. The predicted octanol–water partition coefficient (Wildman–Crippen LogP) is 7.15. The summed E-state index contributed by atoms with van der Waals surface area (Å²) in [5.74, 6) is 0.880. The molecule has 3 aromatic rings. The van der Waals surface area contributed by atoms with Crippen LogP contribution in [0, 0.1) is 5.41 Å². The van der Waals surface area contributed by atoms with Gasteiger partial charge in [0.25, 0.3) is 6.73 Å². The van der Waals surface area contributed by atoms with Gasteiger partial charge in [0, 0.05) is 41.9 Å². The number of aromatic nitrogens is 4. The fourth-order valence-electron chi connectivity index (χ4n) is 5.06. The van der Waals surface area contributed by atoms with Crippen LogP contribution in [0.2, 0.25) is 56.4 Å². The number of fused-ring (bicyclic) bond motifs is 2. The van der Waals surface area contributed by atoms with E-state index in [0.717, 1.165) is 72.8 Å². The Balaban J connectivity index is 1.75. The van der Waals surface area contributed by atoms with Gasteiger partial charge in [-0.05, 0) is 42.5 Å². The van der Waals surface area contributed by atoms with E-state index in [2.05, 4.69) is 78.9 Å². The SMILES string of the molecule is CNc1cc(Cl)c2nc(-c3[nH][n+](COCC[Si](C)(C)C)c4c3CCC(C)(C)C4)n(COCC[Si](C)(C)C)c2c1. The van der Waals surface area contributed by atoms with Crippen LogP contribution < -0.4 is 10.00 Å². The van der Waals surface area contributed by atoms with Gasteiger partial charge in [-0.25, -0.2) is 4.98 Å². The number of halogens is 1. The summed E-state index contributed by atoms with van der Waals surface area (Å²) in [6, 6.07) is 6.34. The first-order chi connectivity index (χ1) is 18.2. The first-order valence-corrected chi connectivity index (χ1v) is 22.1. The topological polar surface area (TPSA) is 68.0 Å². The largest absolute Gasteiger partial charge is 0.388 e. The molecular formula is C29H49ClN5O2Si2+. The Labute approximate surface area is 241 Å². The molecule has 2 heterocycles. The lowest BCUT2D eigenvalue weighted by Gasteiger charge is -2.27. The Morgan fingerprint density at radius 3 is 2.38 bits per heavy atom. The van der Waals surface area contributed by atoms with E-state index in [0.29, 0.717) is 18.5 Å². The van der Waals surface area contributed by atoms with Gasteiger partial charge < -0.3 is 14.8 Å². The molecule has 1 aliphatic carbocycles. The zero-order chi connectivity index (χ0) is 28.6. The molecule has 0 amide bonds. The number of aromatic amines is 1. The summed E-state index contributed by atoms with van der Waals surface area (Å²) >= 11 is 6.76. The molecule has 0 unspecified atom stereocenters. The average Bonchev–Trinajstić information content (AvgIpc) is 3.35. The van der Waals surface area contributed by atoms with Crippen LogP contribution in [0.3, 0.4) is 0 Å². The second-order valence-corrected chi connectivity index (χ2v) is 26.0. The molecule has 2 N–H and O–H groups in total. The van der Waals surface area contributed by atoms with Crippen LogP contribution in [-0.2, 0) is 35.8 Å². The van der Waals surface area contributed by atoms with Gasteiger partial charge in [0.1, 0.15) is 17.9 Å². The number of nitrogens with zero attached hydrogens (tertiary/aromatic N) is 3. The Morgan fingerprint density at radius 1 is 1.08 bits per heavy atom. The summed E-state index contributed by atoms with van der Waals surface area (Å²) in [5, 5.41) is 7.60.